The molecule has 1 unspecified atom stereocenters. The Kier molecular flexibility index (Phi) is 4.51. The highest BCUT2D eigenvalue weighted by molar-refractivity contribution is 7.14. The third kappa shape index (κ3) is 3.07. The van der Waals surface area contributed by atoms with Gasteiger partial charge in [0.2, 0.25) is 0 Å². The van der Waals surface area contributed by atoms with Gasteiger partial charge in [-0.05, 0) is 24.5 Å². The van der Waals surface area contributed by atoms with Crippen LogP contribution in [0, 0.1) is 17.2 Å². The predicted octanol–water partition coefficient (Wildman–Crippen LogP) is 2.59. The molecule has 1 heterocycles. The molecule has 1 aromatic rings. The SMILES string of the molecule is CCc1ccc(C(=O)NC(C#N)C(C)C)s1. The van der Waals surface area contributed by atoms with Crippen LogP contribution in [0.3, 0.4) is 0 Å². The minimum atomic E-state index is -0.417. The lowest BCUT2D eigenvalue weighted by molar-refractivity contribution is 0.0941. The standard InChI is InChI=1S/C12H16N2OS/c1-4-9-5-6-11(16-9)12(15)14-10(7-13)8(2)3/h5-6,8,10H,4H2,1-3H3,(H,14,15). The van der Waals surface area contributed by atoms with Crippen molar-refractivity contribution in [3.05, 3.63) is 21.9 Å². The quantitative estimate of drug-likeness (QED) is 0.873. The van der Waals surface area contributed by atoms with E-state index in [1.165, 1.54) is 16.2 Å². The summed E-state index contributed by atoms with van der Waals surface area (Å²) in [5.41, 5.74) is 0. The summed E-state index contributed by atoms with van der Waals surface area (Å²) < 4.78 is 0. The zero-order chi connectivity index (χ0) is 12.1. The molecule has 0 saturated heterocycles. The van der Waals surface area contributed by atoms with E-state index in [1.54, 1.807) is 0 Å². The van der Waals surface area contributed by atoms with Crippen molar-refractivity contribution < 1.29 is 4.79 Å². The van der Waals surface area contributed by atoms with Crippen LogP contribution < -0.4 is 5.32 Å². The number of nitrogens with zero attached hydrogens (tertiary/aromatic N) is 1. The van der Waals surface area contributed by atoms with Gasteiger partial charge in [0.05, 0.1) is 10.9 Å². The first kappa shape index (κ1) is 12.7. The van der Waals surface area contributed by atoms with Gasteiger partial charge in [0.15, 0.2) is 0 Å². The van der Waals surface area contributed by atoms with Gasteiger partial charge >= 0.3 is 0 Å². The van der Waals surface area contributed by atoms with Gasteiger partial charge in [0.1, 0.15) is 6.04 Å². The molecule has 0 aliphatic rings. The number of nitrogens with one attached hydrogen (secondary N) is 1. The van der Waals surface area contributed by atoms with Crippen LogP contribution in [0.15, 0.2) is 12.1 Å². The highest BCUT2D eigenvalue weighted by atomic mass is 32.1. The molecule has 0 aliphatic heterocycles. The van der Waals surface area contributed by atoms with Crippen LogP contribution in [0.4, 0.5) is 0 Å². The third-order valence-electron chi connectivity index (χ3n) is 2.33. The van der Waals surface area contributed by atoms with E-state index in [-0.39, 0.29) is 11.8 Å². The van der Waals surface area contributed by atoms with Gasteiger partial charge in [-0.1, -0.05) is 20.8 Å². The lowest BCUT2D eigenvalue weighted by Gasteiger charge is -2.13. The molecule has 1 N–H and O–H groups in total. The Morgan fingerprint density at radius 2 is 2.25 bits per heavy atom. The Bertz CT molecular complexity index is 403. The van der Waals surface area contributed by atoms with Crippen LogP contribution in [0.1, 0.15) is 35.3 Å². The van der Waals surface area contributed by atoms with Crippen molar-refractivity contribution in [1.82, 2.24) is 5.32 Å². The molecule has 16 heavy (non-hydrogen) atoms. The highest BCUT2D eigenvalue weighted by Gasteiger charge is 2.17. The lowest BCUT2D eigenvalue weighted by atomic mass is 10.1. The molecule has 0 aliphatic carbocycles. The second-order valence-corrected chi connectivity index (χ2v) is 5.11. The molecule has 86 valence electrons. The van der Waals surface area contributed by atoms with Gasteiger partial charge in [0, 0.05) is 4.88 Å². The Morgan fingerprint density at radius 3 is 2.69 bits per heavy atom. The van der Waals surface area contributed by atoms with E-state index >= 15 is 0 Å². The van der Waals surface area contributed by atoms with E-state index in [2.05, 4.69) is 18.3 Å². The first-order chi connectivity index (χ1) is 7.58. The average Bonchev–Trinajstić information content (AvgIpc) is 2.73. The van der Waals surface area contributed by atoms with Crippen molar-refractivity contribution in [2.45, 2.75) is 33.2 Å². The van der Waals surface area contributed by atoms with Crippen molar-refractivity contribution >= 4 is 17.2 Å². The Hall–Kier alpha value is -1.34. The van der Waals surface area contributed by atoms with E-state index in [0.717, 1.165) is 6.42 Å². The van der Waals surface area contributed by atoms with E-state index in [4.69, 9.17) is 5.26 Å². The van der Waals surface area contributed by atoms with Crippen LogP contribution in [0.2, 0.25) is 0 Å². The van der Waals surface area contributed by atoms with Crippen molar-refractivity contribution in [1.29, 1.82) is 5.26 Å². The molecule has 0 fully saturated rings. The maximum absolute atomic E-state index is 11.8. The average molecular weight is 236 g/mol. The zero-order valence-electron chi connectivity index (χ0n) is 9.78. The van der Waals surface area contributed by atoms with Crippen molar-refractivity contribution in [2.24, 2.45) is 5.92 Å². The summed E-state index contributed by atoms with van der Waals surface area (Å²) in [6, 6.07) is 5.45. The molecule has 1 aromatic heterocycles. The first-order valence-electron chi connectivity index (χ1n) is 5.37. The maximum atomic E-state index is 11.8. The Morgan fingerprint density at radius 1 is 1.56 bits per heavy atom. The van der Waals surface area contributed by atoms with E-state index in [0.29, 0.717) is 4.88 Å². The van der Waals surface area contributed by atoms with Crippen LogP contribution in [0.5, 0.6) is 0 Å². The summed E-state index contributed by atoms with van der Waals surface area (Å²) >= 11 is 1.48. The van der Waals surface area contributed by atoms with Gasteiger partial charge in [-0.25, -0.2) is 0 Å². The Balaban J connectivity index is 2.68. The van der Waals surface area contributed by atoms with Crippen LogP contribution in [-0.2, 0) is 6.42 Å². The molecule has 4 heteroatoms. The number of rotatable bonds is 4. The minimum Gasteiger partial charge on any atom is -0.335 e. The molecule has 0 bridgehead atoms. The molecule has 0 spiro atoms. The van der Waals surface area contributed by atoms with Gasteiger partial charge in [-0.2, -0.15) is 5.26 Å². The molecule has 3 nitrogen and oxygen atoms in total. The zero-order valence-corrected chi connectivity index (χ0v) is 10.6. The molecule has 0 aromatic carbocycles. The topological polar surface area (TPSA) is 52.9 Å². The van der Waals surface area contributed by atoms with Crippen LogP contribution in [-0.4, -0.2) is 11.9 Å². The second-order valence-electron chi connectivity index (χ2n) is 3.94. The smallest absolute Gasteiger partial charge is 0.262 e. The monoisotopic (exact) mass is 236 g/mol. The number of nitriles is 1. The van der Waals surface area contributed by atoms with Crippen LogP contribution in [0.25, 0.3) is 0 Å². The summed E-state index contributed by atoms with van der Waals surface area (Å²) in [4.78, 5) is 13.7. The van der Waals surface area contributed by atoms with E-state index in [9.17, 15) is 4.79 Å². The maximum Gasteiger partial charge on any atom is 0.262 e. The number of aryl methyl sites for hydroxylation is 1. The van der Waals surface area contributed by atoms with Gasteiger partial charge in [-0.15, -0.1) is 11.3 Å². The number of carbonyl (C=O) groups is 1. The summed E-state index contributed by atoms with van der Waals surface area (Å²) in [5.74, 6) is -0.0236. The summed E-state index contributed by atoms with van der Waals surface area (Å²) in [6.45, 7) is 5.89. The largest absolute Gasteiger partial charge is 0.335 e. The minimum absolute atomic E-state index is 0.125. The molecule has 1 amide bonds. The fraction of sp³-hybridized carbons (Fsp3) is 0.500. The second kappa shape index (κ2) is 5.66. The van der Waals surface area contributed by atoms with E-state index in [1.807, 2.05) is 26.0 Å². The van der Waals surface area contributed by atoms with Crippen molar-refractivity contribution in [3.8, 4) is 6.07 Å². The molecule has 0 saturated carbocycles. The Labute approximate surface area is 100 Å². The molecular weight excluding hydrogens is 220 g/mol. The fourth-order valence-corrected chi connectivity index (χ4v) is 2.10. The number of hydrogen-bond donors (Lipinski definition) is 1. The number of thiophene rings is 1. The number of carbonyl (C=O) groups excluding carboxylic acids is 1. The van der Waals surface area contributed by atoms with Gasteiger partial charge < -0.3 is 5.32 Å². The number of hydrogen-bond acceptors (Lipinski definition) is 3. The van der Waals surface area contributed by atoms with Crippen molar-refractivity contribution in [3.63, 3.8) is 0 Å². The molecule has 1 rings (SSSR count). The fourth-order valence-electron chi connectivity index (χ4n) is 1.25. The van der Waals surface area contributed by atoms with Crippen molar-refractivity contribution in [2.75, 3.05) is 0 Å². The highest BCUT2D eigenvalue weighted by Crippen LogP contribution is 2.17. The molecular formula is C12H16N2OS. The molecule has 1 atom stereocenters. The van der Waals surface area contributed by atoms with Gasteiger partial charge in [0.25, 0.3) is 5.91 Å². The third-order valence-corrected chi connectivity index (χ3v) is 3.55. The predicted molar refractivity (Wildman–Crippen MR) is 65.4 cm³/mol. The summed E-state index contributed by atoms with van der Waals surface area (Å²) in [5, 5.41) is 11.6. The summed E-state index contributed by atoms with van der Waals surface area (Å²) in [7, 11) is 0. The molecule has 0 radical (unpaired) electrons. The van der Waals surface area contributed by atoms with Gasteiger partial charge in [-0.3, -0.25) is 4.79 Å². The van der Waals surface area contributed by atoms with Crippen LogP contribution >= 0.6 is 11.3 Å². The number of amides is 1. The lowest BCUT2D eigenvalue weighted by Crippen LogP contribution is -2.36. The normalized spacial score (nSPS) is 12.2. The van der Waals surface area contributed by atoms with E-state index < -0.39 is 6.04 Å². The first-order valence-corrected chi connectivity index (χ1v) is 6.19. The summed E-state index contributed by atoms with van der Waals surface area (Å²) in [6.07, 6.45) is 0.934.